The summed E-state index contributed by atoms with van der Waals surface area (Å²) < 4.78 is 0. The van der Waals surface area contributed by atoms with Crippen molar-refractivity contribution in [2.45, 2.75) is 6.42 Å². The van der Waals surface area contributed by atoms with Gasteiger partial charge in [-0.25, -0.2) is 0 Å². The van der Waals surface area contributed by atoms with E-state index in [-0.39, 0.29) is 12.1 Å². The first-order valence-corrected chi connectivity index (χ1v) is 4.31. The van der Waals surface area contributed by atoms with E-state index in [1.165, 1.54) is 0 Å². The fourth-order valence-electron chi connectivity index (χ4n) is 0.911. The van der Waals surface area contributed by atoms with E-state index >= 15 is 0 Å². The number of nitrogens with zero attached hydrogens (tertiary/aromatic N) is 1. The molecule has 0 aliphatic rings. The largest absolute Gasteiger partial charge is 0.304 e. The van der Waals surface area contributed by atoms with Crippen LogP contribution in [-0.2, 0) is 0 Å². The first-order valence-electron chi connectivity index (χ1n) is 3.55. The molecule has 1 aromatic carbocycles. The van der Waals surface area contributed by atoms with Crippen LogP contribution in [0.15, 0.2) is 18.2 Å². The lowest BCUT2D eigenvalue weighted by Crippen LogP contribution is -1.98. The molecule has 0 aliphatic heterocycles. The highest BCUT2D eigenvalue weighted by atomic mass is 35.5. The fraction of sp³-hybridized carbons (Fsp3) is 0.111. The maximum atomic E-state index is 8.39. The quantitative estimate of drug-likeness (QED) is 0.752. The molecule has 0 saturated heterocycles. The zero-order valence-electron chi connectivity index (χ0n) is 6.64. The standard InChI is InChI=1S/C9H6Cl2N2/c10-7-3-1-2-6(9(7)11)8(13)4-5-12/h1-3,13H,4H2. The number of halogens is 2. The summed E-state index contributed by atoms with van der Waals surface area (Å²) in [5.74, 6) is 0. The fourth-order valence-corrected chi connectivity index (χ4v) is 1.33. The number of hydrogen-bond acceptors (Lipinski definition) is 2. The zero-order chi connectivity index (χ0) is 9.84. The molecule has 0 heterocycles. The summed E-state index contributed by atoms with van der Waals surface area (Å²) in [5, 5.41) is 16.6. The van der Waals surface area contributed by atoms with Crippen LogP contribution in [0.4, 0.5) is 0 Å². The van der Waals surface area contributed by atoms with Gasteiger partial charge in [-0.05, 0) is 6.07 Å². The second-order valence-corrected chi connectivity index (χ2v) is 3.20. The molecule has 66 valence electrons. The summed E-state index contributed by atoms with van der Waals surface area (Å²) in [6.07, 6.45) is 0.0417. The monoisotopic (exact) mass is 212 g/mol. The molecule has 1 N–H and O–H groups in total. The Hall–Kier alpha value is -1.04. The van der Waals surface area contributed by atoms with Crippen LogP contribution >= 0.6 is 23.2 Å². The lowest BCUT2D eigenvalue weighted by atomic mass is 10.1. The van der Waals surface area contributed by atoms with Crippen molar-refractivity contribution in [1.82, 2.24) is 0 Å². The van der Waals surface area contributed by atoms with Gasteiger partial charge in [-0.15, -0.1) is 0 Å². The van der Waals surface area contributed by atoms with Crippen molar-refractivity contribution in [1.29, 1.82) is 10.7 Å². The lowest BCUT2D eigenvalue weighted by Gasteiger charge is -2.03. The first kappa shape index (κ1) is 10.0. The molecule has 2 nitrogen and oxygen atoms in total. The van der Waals surface area contributed by atoms with Crippen molar-refractivity contribution in [3.63, 3.8) is 0 Å². The van der Waals surface area contributed by atoms with Crippen LogP contribution in [0.3, 0.4) is 0 Å². The Balaban J connectivity index is 3.09. The Morgan fingerprint density at radius 2 is 2.15 bits per heavy atom. The second-order valence-electron chi connectivity index (χ2n) is 2.41. The van der Waals surface area contributed by atoms with E-state index in [0.29, 0.717) is 15.6 Å². The van der Waals surface area contributed by atoms with Crippen molar-refractivity contribution in [2.75, 3.05) is 0 Å². The van der Waals surface area contributed by atoms with Crippen LogP contribution in [0.25, 0.3) is 0 Å². The second kappa shape index (κ2) is 4.27. The van der Waals surface area contributed by atoms with Gasteiger partial charge in [0, 0.05) is 5.56 Å². The van der Waals surface area contributed by atoms with Crippen LogP contribution in [0.1, 0.15) is 12.0 Å². The van der Waals surface area contributed by atoms with Crippen LogP contribution < -0.4 is 0 Å². The summed E-state index contributed by atoms with van der Waals surface area (Å²) in [6, 6.07) is 6.91. The van der Waals surface area contributed by atoms with E-state index in [4.69, 9.17) is 33.9 Å². The summed E-state index contributed by atoms with van der Waals surface area (Å²) in [4.78, 5) is 0. The minimum atomic E-state index is 0.0417. The van der Waals surface area contributed by atoms with Gasteiger partial charge in [0.15, 0.2) is 0 Å². The predicted octanol–water partition coefficient (Wildman–Crippen LogP) is 3.27. The van der Waals surface area contributed by atoms with Crippen LogP contribution in [0.2, 0.25) is 10.0 Å². The molecule has 0 atom stereocenters. The normalized spacial score (nSPS) is 9.31. The van der Waals surface area contributed by atoms with Gasteiger partial charge in [0.1, 0.15) is 0 Å². The average molecular weight is 213 g/mol. The Kier molecular flexibility index (Phi) is 3.30. The SMILES string of the molecule is N#CCC(=N)c1cccc(Cl)c1Cl. The molecule has 1 aromatic rings. The molecule has 0 radical (unpaired) electrons. The van der Waals surface area contributed by atoms with Crippen molar-refractivity contribution in [3.8, 4) is 6.07 Å². The Bertz CT molecular complexity index is 380. The summed E-state index contributed by atoms with van der Waals surface area (Å²) in [7, 11) is 0. The predicted molar refractivity (Wildman–Crippen MR) is 53.5 cm³/mol. The molecule has 0 aliphatic carbocycles. The van der Waals surface area contributed by atoms with Crippen molar-refractivity contribution < 1.29 is 0 Å². The number of rotatable bonds is 2. The van der Waals surface area contributed by atoms with E-state index in [2.05, 4.69) is 0 Å². The van der Waals surface area contributed by atoms with Gasteiger partial charge in [-0.2, -0.15) is 5.26 Å². The van der Waals surface area contributed by atoms with E-state index < -0.39 is 0 Å². The molecule has 1 rings (SSSR count). The van der Waals surface area contributed by atoms with E-state index in [0.717, 1.165) is 0 Å². The highest BCUT2D eigenvalue weighted by molar-refractivity contribution is 6.44. The minimum absolute atomic E-state index is 0.0417. The number of benzene rings is 1. The van der Waals surface area contributed by atoms with E-state index in [1.807, 2.05) is 6.07 Å². The average Bonchev–Trinajstić information content (AvgIpc) is 2.10. The van der Waals surface area contributed by atoms with Gasteiger partial charge < -0.3 is 5.41 Å². The molecule has 13 heavy (non-hydrogen) atoms. The lowest BCUT2D eigenvalue weighted by molar-refractivity contribution is 1.34. The van der Waals surface area contributed by atoms with Crippen molar-refractivity contribution in [2.24, 2.45) is 0 Å². The molecule has 0 bridgehead atoms. The molecule has 0 saturated carbocycles. The van der Waals surface area contributed by atoms with Crippen molar-refractivity contribution in [3.05, 3.63) is 33.8 Å². The topological polar surface area (TPSA) is 47.6 Å². The number of nitrogens with one attached hydrogen (secondary N) is 1. The summed E-state index contributed by atoms with van der Waals surface area (Å²) in [5.41, 5.74) is 0.714. The van der Waals surface area contributed by atoms with Crippen LogP contribution in [0, 0.1) is 16.7 Å². The molecular formula is C9H6Cl2N2. The third-order valence-electron chi connectivity index (χ3n) is 1.53. The smallest absolute Gasteiger partial charge is 0.0774 e. The molecule has 0 aromatic heterocycles. The number of nitriles is 1. The third-order valence-corrected chi connectivity index (χ3v) is 2.35. The third kappa shape index (κ3) is 2.21. The number of hydrogen-bond donors (Lipinski definition) is 1. The molecule has 0 unspecified atom stereocenters. The highest BCUT2D eigenvalue weighted by Gasteiger charge is 2.08. The van der Waals surface area contributed by atoms with Gasteiger partial charge in [-0.1, -0.05) is 35.3 Å². The van der Waals surface area contributed by atoms with Crippen LogP contribution in [-0.4, -0.2) is 5.71 Å². The van der Waals surface area contributed by atoms with E-state index in [1.54, 1.807) is 18.2 Å². The maximum Gasteiger partial charge on any atom is 0.0774 e. The van der Waals surface area contributed by atoms with Gasteiger partial charge in [-0.3, -0.25) is 0 Å². The summed E-state index contributed by atoms with van der Waals surface area (Å²) in [6.45, 7) is 0. The first-order chi connectivity index (χ1) is 6.16. The Morgan fingerprint density at radius 3 is 2.77 bits per heavy atom. The maximum absolute atomic E-state index is 8.39. The Labute approximate surface area is 86.2 Å². The zero-order valence-corrected chi connectivity index (χ0v) is 8.15. The summed E-state index contributed by atoms with van der Waals surface area (Å²) >= 11 is 11.6. The molecule has 4 heteroatoms. The molecule has 0 spiro atoms. The molecule has 0 amide bonds. The van der Waals surface area contributed by atoms with Crippen LogP contribution in [0.5, 0.6) is 0 Å². The van der Waals surface area contributed by atoms with Gasteiger partial charge >= 0.3 is 0 Å². The minimum Gasteiger partial charge on any atom is -0.304 e. The van der Waals surface area contributed by atoms with Gasteiger partial charge in [0.2, 0.25) is 0 Å². The highest BCUT2D eigenvalue weighted by Crippen LogP contribution is 2.26. The van der Waals surface area contributed by atoms with E-state index in [9.17, 15) is 0 Å². The Morgan fingerprint density at radius 1 is 1.46 bits per heavy atom. The van der Waals surface area contributed by atoms with Gasteiger partial charge in [0.25, 0.3) is 0 Å². The molecule has 0 fully saturated rings. The van der Waals surface area contributed by atoms with Crippen molar-refractivity contribution >= 4 is 28.9 Å². The van der Waals surface area contributed by atoms with Gasteiger partial charge in [0.05, 0.1) is 28.2 Å². The molecular weight excluding hydrogens is 207 g/mol.